The number of ether oxygens (including phenoxy) is 1. The lowest BCUT2D eigenvalue weighted by Gasteiger charge is -2.18. The molecule has 9 nitrogen and oxygen atoms in total. The molecule has 0 aliphatic carbocycles. The van der Waals surface area contributed by atoms with E-state index in [-0.39, 0.29) is 16.7 Å². The molecule has 1 atom stereocenters. The summed E-state index contributed by atoms with van der Waals surface area (Å²) in [6.45, 7) is 3.21. The van der Waals surface area contributed by atoms with Crippen LogP contribution in [0.2, 0.25) is 0 Å². The van der Waals surface area contributed by atoms with Crippen molar-refractivity contribution >= 4 is 33.0 Å². The second-order valence-corrected chi connectivity index (χ2v) is 9.30. The Bertz CT molecular complexity index is 1060. The average Bonchev–Trinajstić information content (AvgIpc) is 3.38. The molecule has 1 amide bonds. The zero-order valence-corrected chi connectivity index (χ0v) is 17.7. The number of carbonyl (C=O) groups excluding carboxylic acids is 1. The number of amides is 1. The van der Waals surface area contributed by atoms with Crippen molar-refractivity contribution in [2.45, 2.75) is 24.1 Å². The van der Waals surface area contributed by atoms with Crippen molar-refractivity contribution in [3.05, 3.63) is 53.5 Å². The molecule has 0 radical (unpaired) electrons. The molecular weight excluding hydrogens is 416 g/mol. The maximum atomic E-state index is 12.5. The molecule has 29 heavy (non-hydrogen) atoms. The van der Waals surface area contributed by atoms with Gasteiger partial charge < -0.3 is 14.6 Å². The van der Waals surface area contributed by atoms with Crippen molar-refractivity contribution in [1.29, 1.82) is 0 Å². The van der Waals surface area contributed by atoms with Gasteiger partial charge in [0.25, 0.3) is 15.9 Å². The van der Waals surface area contributed by atoms with Gasteiger partial charge in [0, 0.05) is 7.05 Å². The summed E-state index contributed by atoms with van der Waals surface area (Å²) in [5.74, 6) is 0.889. The van der Waals surface area contributed by atoms with E-state index in [0.29, 0.717) is 23.2 Å². The lowest BCUT2D eigenvalue weighted by Crippen LogP contribution is -2.31. The Hall–Kier alpha value is -2.92. The minimum atomic E-state index is -3.60. The number of aromatic nitrogens is 2. The Labute approximate surface area is 172 Å². The quantitative estimate of drug-likeness (QED) is 0.577. The lowest BCUT2D eigenvalue weighted by atomic mass is 10.3. The van der Waals surface area contributed by atoms with Crippen molar-refractivity contribution < 1.29 is 22.5 Å². The number of carbonyl (C=O) groups is 1. The molecule has 2 aromatic heterocycles. The average molecular weight is 437 g/mol. The highest BCUT2D eigenvalue weighted by Gasteiger charge is 2.22. The van der Waals surface area contributed by atoms with Crippen LogP contribution in [0.15, 0.2) is 50.5 Å². The summed E-state index contributed by atoms with van der Waals surface area (Å²) >= 11 is 1.16. The minimum Gasteiger partial charge on any atom is -0.484 e. The van der Waals surface area contributed by atoms with E-state index in [9.17, 15) is 13.2 Å². The fraction of sp³-hybridized carbons (Fsp3) is 0.278. The van der Waals surface area contributed by atoms with Crippen LogP contribution in [-0.2, 0) is 14.8 Å². The molecule has 0 bridgehead atoms. The second-order valence-electron chi connectivity index (χ2n) is 6.16. The van der Waals surface area contributed by atoms with Crippen LogP contribution in [0, 0.1) is 6.92 Å². The Kier molecular flexibility index (Phi) is 6.18. The molecule has 3 rings (SSSR count). The number of nitrogens with one attached hydrogen (secondary N) is 1. The van der Waals surface area contributed by atoms with Crippen molar-refractivity contribution in [2.75, 3.05) is 18.0 Å². The summed E-state index contributed by atoms with van der Waals surface area (Å²) in [5, 5.41) is 8.09. The van der Waals surface area contributed by atoms with Crippen LogP contribution in [0.5, 0.6) is 5.75 Å². The molecule has 154 valence electrons. The highest BCUT2D eigenvalue weighted by molar-refractivity contribution is 7.94. The third kappa shape index (κ3) is 4.93. The van der Waals surface area contributed by atoms with Crippen molar-refractivity contribution in [3.63, 3.8) is 0 Å². The largest absolute Gasteiger partial charge is 0.484 e. The van der Waals surface area contributed by atoms with E-state index in [1.807, 2.05) is 0 Å². The standard InChI is InChI=1S/C18H20N4O5S2/c1-12(18-20-13(2)21-27-18)19-16(23)11-26-15-8-6-14(7-9-15)22(3)29(24,25)17-5-4-10-28-17/h4-10,12H,11H2,1-3H3,(H,19,23). The van der Waals surface area contributed by atoms with Gasteiger partial charge in [-0.2, -0.15) is 4.98 Å². The Morgan fingerprint density at radius 1 is 1.31 bits per heavy atom. The van der Waals surface area contributed by atoms with Crippen LogP contribution in [0.3, 0.4) is 0 Å². The third-order valence-corrected chi connectivity index (χ3v) is 7.13. The first kappa shape index (κ1) is 20.8. The molecule has 1 aromatic carbocycles. The Morgan fingerprint density at radius 3 is 2.62 bits per heavy atom. The topological polar surface area (TPSA) is 115 Å². The number of anilines is 1. The van der Waals surface area contributed by atoms with E-state index < -0.39 is 16.1 Å². The molecule has 1 unspecified atom stereocenters. The molecular formula is C18H20N4O5S2. The van der Waals surface area contributed by atoms with Crippen molar-refractivity contribution in [1.82, 2.24) is 15.5 Å². The van der Waals surface area contributed by atoms with Gasteiger partial charge in [-0.05, 0) is 49.6 Å². The van der Waals surface area contributed by atoms with Gasteiger partial charge in [0.1, 0.15) is 16.0 Å². The van der Waals surface area contributed by atoms with Crippen molar-refractivity contribution in [3.8, 4) is 5.75 Å². The van der Waals surface area contributed by atoms with Crippen LogP contribution in [-0.4, -0.2) is 38.1 Å². The van der Waals surface area contributed by atoms with Gasteiger partial charge in [0.15, 0.2) is 12.4 Å². The van der Waals surface area contributed by atoms with E-state index in [1.54, 1.807) is 55.6 Å². The summed E-state index contributed by atoms with van der Waals surface area (Å²) in [6, 6.07) is 9.24. The molecule has 0 fully saturated rings. The summed E-state index contributed by atoms with van der Waals surface area (Å²) in [4.78, 5) is 16.1. The SMILES string of the molecule is Cc1noc(C(C)NC(=O)COc2ccc(N(C)S(=O)(=O)c3cccs3)cc2)n1. The molecule has 0 saturated heterocycles. The maximum Gasteiger partial charge on any atom is 0.273 e. The van der Waals surface area contributed by atoms with Crippen LogP contribution in [0.1, 0.15) is 24.7 Å². The number of thiophene rings is 1. The maximum absolute atomic E-state index is 12.5. The summed E-state index contributed by atoms with van der Waals surface area (Å²) in [6.07, 6.45) is 0. The van der Waals surface area contributed by atoms with E-state index in [1.165, 1.54) is 11.4 Å². The number of hydrogen-bond donors (Lipinski definition) is 1. The Balaban J connectivity index is 1.56. The summed E-state index contributed by atoms with van der Waals surface area (Å²) < 4.78 is 37.0. The first-order chi connectivity index (χ1) is 13.8. The van der Waals surface area contributed by atoms with E-state index in [0.717, 1.165) is 11.3 Å². The van der Waals surface area contributed by atoms with Crippen LogP contribution < -0.4 is 14.4 Å². The number of aryl methyl sites for hydroxylation is 1. The normalized spacial score (nSPS) is 12.4. The molecule has 1 N–H and O–H groups in total. The van der Waals surface area contributed by atoms with Gasteiger partial charge in [-0.1, -0.05) is 11.2 Å². The summed E-state index contributed by atoms with van der Waals surface area (Å²) in [7, 11) is -2.11. The molecule has 0 spiro atoms. The highest BCUT2D eigenvalue weighted by atomic mass is 32.2. The summed E-state index contributed by atoms with van der Waals surface area (Å²) in [5.41, 5.74) is 0.482. The van der Waals surface area contributed by atoms with Gasteiger partial charge in [-0.25, -0.2) is 8.42 Å². The third-order valence-electron chi connectivity index (χ3n) is 3.97. The van der Waals surface area contributed by atoms with Gasteiger partial charge in [-0.3, -0.25) is 9.10 Å². The first-order valence-corrected chi connectivity index (χ1v) is 10.9. The number of nitrogens with zero attached hydrogens (tertiary/aromatic N) is 3. The number of sulfonamides is 1. The van der Waals surface area contributed by atoms with Crippen LogP contribution in [0.4, 0.5) is 5.69 Å². The van der Waals surface area contributed by atoms with E-state index >= 15 is 0 Å². The fourth-order valence-electron chi connectivity index (χ4n) is 2.42. The van der Waals surface area contributed by atoms with E-state index in [4.69, 9.17) is 9.26 Å². The van der Waals surface area contributed by atoms with Gasteiger partial charge in [0.2, 0.25) is 5.89 Å². The molecule has 0 aliphatic heterocycles. The molecule has 0 saturated carbocycles. The monoisotopic (exact) mass is 436 g/mol. The van der Waals surface area contributed by atoms with Gasteiger partial charge in [0.05, 0.1) is 5.69 Å². The molecule has 3 aromatic rings. The van der Waals surface area contributed by atoms with Crippen LogP contribution in [0.25, 0.3) is 0 Å². The van der Waals surface area contributed by atoms with Gasteiger partial charge in [-0.15, -0.1) is 11.3 Å². The number of rotatable bonds is 8. The van der Waals surface area contributed by atoms with Crippen LogP contribution >= 0.6 is 11.3 Å². The Morgan fingerprint density at radius 2 is 2.03 bits per heavy atom. The lowest BCUT2D eigenvalue weighted by molar-refractivity contribution is -0.123. The zero-order chi connectivity index (χ0) is 21.0. The highest BCUT2D eigenvalue weighted by Crippen LogP contribution is 2.26. The number of benzene rings is 1. The second kappa shape index (κ2) is 8.62. The molecule has 11 heteroatoms. The predicted octanol–water partition coefficient (Wildman–Crippen LogP) is 2.52. The predicted molar refractivity (Wildman–Crippen MR) is 107 cm³/mol. The first-order valence-electron chi connectivity index (χ1n) is 8.62. The minimum absolute atomic E-state index is 0.208. The molecule has 2 heterocycles. The van der Waals surface area contributed by atoms with Crippen molar-refractivity contribution in [2.24, 2.45) is 0 Å². The van der Waals surface area contributed by atoms with E-state index in [2.05, 4.69) is 15.5 Å². The fourth-order valence-corrected chi connectivity index (χ4v) is 4.78. The zero-order valence-electron chi connectivity index (χ0n) is 16.0. The molecule has 0 aliphatic rings. The smallest absolute Gasteiger partial charge is 0.273 e. The van der Waals surface area contributed by atoms with Gasteiger partial charge >= 0.3 is 0 Å². The number of hydrogen-bond acceptors (Lipinski definition) is 8.